The van der Waals surface area contributed by atoms with Crippen LogP contribution in [0.25, 0.3) is 0 Å². The predicted octanol–water partition coefficient (Wildman–Crippen LogP) is 3.00. The molecule has 1 aromatic heterocycles. The Labute approximate surface area is 110 Å². The molecule has 0 fully saturated rings. The summed E-state index contributed by atoms with van der Waals surface area (Å²) in [5.41, 5.74) is 2.56. The first-order chi connectivity index (χ1) is 8.56. The van der Waals surface area contributed by atoms with Crippen molar-refractivity contribution < 1.29 is 4.79 Å². The quantitative estimate of drug-likeness (QED) is 0.904. The molecule has 5 heteroatoms. The van der Waals surface area contributed by atoms with Crippen molar-refractivity contribution in [2.75, 3.05) is 5.32 Å². The van der Waals surface area contributed by atoms with E-state index in [1.165, 1.54) is 12.4 Å². The van der Waals surface area contributed by atoms with Crippen LogP contribution in [0.5, 0.6) is 0 Å². The molecule has 0 unspecified atom stereocenters. The van der Waals surface area contributed by atoms with E-state index < -0.39 is 0 Å². The highest BCUT2D eigenvalue weighted by molar-refractivity contribution is 6.29. The third-order valence-electron chi connectivity index (χ3n) is 2.48. The van der Waals surface area contributed by atoms with Crippen LogP contribution in [0.15, 0.2) is 30.6 Å². The van der Waals surface area contributed by atoms with Gasteiger partial charge in [0.1, 0.15) is 5.15 Å². The molecule has 0 aliphatic rings. The number of nitrogens with one attached hydrogen (secondary N) is 1. The number of carbonyl (C=O) groups excluding carboxylic acids is 1. The van der Waals surface area contributed by atoms with Crippen LogP contribution in [-0.4, -0.2) is 15.9 Å². The monoisotopic (exact) mass is 261 g/mol. The molecule has 0 aliphatic carbocycles. The third-order valence-corrected chi connectivity index (χ3v) is 2.67. The maximum absolute atomic E-state index is 12.1. The van der Waals surface area contributed by atoms with Gasteiger partial charge in [0, 0.05) is 5.56 Å². The normalized spacial score (nSPS) is 10.2. The second kappa shape index (κ2) is 5.14. The summed E-state index contributed by atoms with van der Waals surface area (Å²) >= 11 is 5.71. The lowest BCUT2D eigenvalue weighted by atomic mass is 10.1. The fourth-order valence-electron chi connectivity index (χ4n) is 1.57. The molecule has 0 atom stereocenters. The van der Waals surface area contributed by atoms with Crippen LogP contribution < -0.4 is 5.32 Å². The lowest BCUT2D eigenvalue weighted by molar-refractivity contribution is 0.102. The van der Waals surface area contributed by atoms with Crippen LogP contribution in [0.2, 0.25) is 5.15 Å². The Morgan fingerprint density at radius 2 is 2.06 bits per heavy atom. The highest BCUT2D eigenvalue weighted by Gasteiger charge is 2.10. The molecule has 2 aromatic rings. The summed E-state index contributed by atoms with van der Waals surface area (Å²) in [4.78, 5) is 19.9. The Balaban J connectivity index is 2.24. The van der Waals surface area contributed by atoms with Gasteiger partial charge in [-0.3, -0.25) is 9.78 Å². The van der Waals surface area contributed by atoms with E-state index in [1.807, 2.05) is 32.0 Å². The Morgan fingerprint density at radius 1 is 1.28 bits per heavy atom. The lowest BCUT2D eigenvalue weighted by Gasteiger charge is -2.07. The SMILES string of the molecule is Cc1ccc(C)c(C(=O)Nc2cncc(Cl)n2)c1. The number of amides is 1. The first-order valence-electron chi connectivity index (χ1n) is 5.42. The van der Waals surface area contributed by atoms with Gasteiger partial charge >= 0.3 is 0 Å². The molecule has 0 saturated carbocycles. The van der Waals surface area contributed by atoms with E-state index in [0.29, 0.717) is 11.4 Å². The number of anilines is 1. The Hall–Kier alpha value is -1.94. The van der Waals surface area contributed by atoms with Gasteiger partial charge in [0.15, 0.2) is 5.82 Å². The average Bonchev–Trinajstić information content (AvgIpc) is 2.32. The van der Waals surface area contributed by atoms with Gasteiger partial charge in [0.2, 0.25) is 0 Å². The highest BCUT2D eigenvalue weighted by Crippen LogP contribution is 2.13. The molecule has 0 spiro atoms. The Kier molecular flexibility index (Phi) is 3.58. The summed E-state index contributed by atoms with van der Waals surface area (Å²) in [7, 11) is 0. The zero-order chi connectivity index (χ0) is 13.1. The molecular formula is C13H12ClN3O. The van der Waals surface area contributed by atoms with Gasteiger partial charge in [-0.05, 0) is 25.5 Å². The molecule has 1 aromatic carbocycles. The maximum atomic E-state index is 12.1. The summed E-state index contributed by atoms with van der Waals surface area (Å²) in [6, 6.07) is 5.71. The van der Waals surface area contributed by atoms with E-state index in [1.54, 1.807) is 0 Å². The number of halogens is 1. The predicted molar refractivity (Wildman–Crippen MR) is 70.9 cm³/mol. The number of benzene rings is 1. The molecule has 0 radical (unpaired) electrons. The Morgan fingerprint density at radius 3 is 2.78 bits per heavy atom. The molecule has 18 heavy (non-hydrogen) atoms. The van der Waals surface area contributed by atoms with Crippen LogP contribution in [0.4, 0.5) is 5.82 Å². The van der Waals surface area contributed by atoms with Crippen LogP contribution in [0.1, 0.15) is 21.5 Å². The molecule has 0 bridgehead atoms. The largest absolute Gasteiger partial charge is 0.305 e. The van der Waals surface area contributed by atoms with Crippen LogP contribution >= 0.6 is 11.6 Å². The molecule has 1 amide bonds. The minimum atomic E-state index is -0.215. The second-order valence-corrected chi connectivity index (χ2v) is 4.39. The van der Waals surface area contributed by atoms with Crippen molar-refractivity contribution in [3.63, 3.8) is 0 Å². The van der Waals surface area contributed by atoms with Crippen molar-refractivity contribution in [1.82, 2.24) is 9.97 Å². The first-order valence-corrected chi connectivity index (χ1v) is 5.80. The molecule has 1 N–H and O–H groups in total. The molecule has 4 nitrogen and oxygen atoms in total. The van der Waals surface area contributed by atoms with Gasteiger partial charge in [0.25, 0.3) is 5.91 Å². The summed E-state index contributed by atoms with van der Waals surface area (Å²) in [6.45, 7) is 3.83. The number of aryl methyl sites for hydroxylation is 2. The van der Waals surface area contributed by atoms with E-state index in [-0.39, 0.29) is 11.1 Å². The minimum absolute atomic E-state index is 0.215. The number of carbonyl (C=O) groups is 1. The van der Waals surface area contributed by atoms with E-state index >= 15 is 0 Å². The number of rotatable bonds is 2. The van der Waals surface area contributed by atoms with Crippen molar-refractivity contribution in [3.05, 3.63) is 52.4 Å². The zero-order valence-electron chi connectivity index (χ0n) is 10.1. The van der Waals surface area contributed by atoms with Crippen molar-refractivity contribution in [2.24, 2.45) is 0 Å². The molecular weight excluding hydrogens is 250 g/mol. The fourth-order valence-corrected chi connectivity index (χ4v) is 1.71. The van der Waals surface area contributed by atoms with Crippen molar-refractivity contribution >= 4 is 23.3 Å². The van der Waals surface area contributed by atoms with Crippen molar-refractivity contribution in [2.45, 2.75) is 13.8 Å². The molecule has 0 aliphatic heterocycles. The number of nitrogens with zero attached hydrogens (tertiary/aromatic N) is 2. The summed E-state index contributed by atoms with van der Waals surface area (Å²) in [5.74, 6) is 0.126. The maximum Gasteiger partial charge on any atom is 0.257 e. The zero-order valence-corrected chi connectivity index (χ0v) is 10.8. The summed E-state index contributed by atoms with van der Waals surface area (Å²) in [6.07, 6.45) is 2.87. The Bertz CT molecular complexity index is 599. The van der Waals surface area contributed by atoms with E-state index in [4.69, 9.17) is 11.6 Å². The number of hydrogen-bond acceptors (Lipinski definition) is 3. The molecule has 0 saturated heterocycles. The van der Waals surface area contributed by atoms with Gasteiger partial charge in [-0.15, -0.1) is 0 Å². The second-order valence-electron chi connectivity index (χ2n) is 4.00. The van der Waals surface area contributed by atoms with Crippen LogP contribution in [-0.2, 0) is 0 Å². The number of aromatic nitrogens is 2. The van der Waals surface area contributed by atoms with Crippen molar-refractivity contribution in [3.8, 4) is 0 Å². The topological polar surface area (TPSA) is 54.9 Å². The fraction of sp³-hybridized carbons (Fsp3) is 0.154. The van der Waals surface area contributed by atoms with Crippen LogP contribution in [0, 0.1) is 13.8 Å². The van der Waals surface area contributed by atoms with E-state index in [9.17, 15) is 4.79 Å². The van der Waals surface area contributed by atoms with E-state index in [0.717, 1.165) is 11.1 Å². The lowest BCUT2D eigenvalue weighted by Crippen LogP contribution is -2.14. The van der Waals surface area contributed by atoms with Gasteiger partial charge in [-0.2, -0.15) is 0 Å². The van der Waals surface area contributed by atoms with Crippen LogP contribution in [0.3, 0.4) is 0 Å². The summed E-state index contributed by atoms with van der Waals surface area (Å²) in [5, 5.41) is 2.91. The number of hydrogen-bond donors (Lipinski definition) is 1. The van der Waals surface area contributed by atoms with Gasteiger partial charge in [-0.25, -0.2) is 4.98 Å². The van der Waals surface area contributed by atoms with Gasteiger partial charge in [-0.1, -0.05) is 29.3 Å². The van der Waals surface area contributed by atoms with Gasteiger partial charge < -0.3 is 5.32 Å². The van der Waals surface area contributed by atoms with E-state index in [2.05, 4.69) is 15.3 Å². The standard InChI is InChI=1S/C13H12ClN3O/c1-8-3-4-9(2)10(5-8)13(18)17-12-7-15-6-11(14)16-12/h3-7H,1-2H3,(H,16,17,18). The minimum Gasteiger partial charge on any atom is -0.305 e. The first kappa shape index (κ1) is 12.5. The molecule has 2 rings (SSSR count). The van der Waals surface area contributed by atoms with Crippen molar-refractivity contribution in [1.29, 1.82) is 0 Å². The van der Waals surface area contributed by atoms with Gasteiger partial charge in [0.05, 0.1) is 12.4 Å². The summed E-state index contributed by atoms with van der Waals surface area (Å²) < 4.78 is 0. The smallest absolute Gasteiger partial charge is 0.257 e. The third kappa shape index (κ3) is 2.84. The molecule has 92 valence electrons. The molecule has 1 heterocycles. The highest BCUT2D eigenvalue weighted by atomic mass is 35.5. The average molecular weight is 262 g/mol.